The first kappa shape index (κ1) is 12.8. The van der Waals surface area contributed by atoms with Crippen molar-refractivity contribution in [2.24, 2.45) is 4.99 Å². The van der Waals surface area contributed by atoms with Crippen LogP contribution in [0, 0.1) is 0 Å². The van der Waals surface area contributed by atoms with E-state index in [0.29, 0.717) is 0 Å². The molecule has 2 aliphatic heterocycles. The summed E-state index contributed by atoms with van der Waals surface area (Å²) in [5.74, 6) is 1.72. The van der Waals surface area contributed by atoms with Gasteiger partial charge in [0.2, 0.25) is 6.67 Å². The Kier molecular flexibility index (Phi) is 3.18. The van der Waals surface area contributed by atoms with Crippen LogP contribution in [-0.4, -0.2) is 17.5 Å². The lowest BCUT2D eigenvalue weighted by molar-refractivity contribution is 0.699. The summed E-state index contributed by atoms with van der Waals surface area (Å²) in [5.41, 5.74) is 2.07. The molecule has 107 valence electrons. The number of pyridine rings is 1. The van der Waals surface area contributed by atoms with Gasteiger partial charge in [-0.15, -0.1) is 0 Å². The Morgan fingerprint density at radius 2 is 1.91 bits per heavy atom. The van der Waals surface area contributed by atoms with Crippen molar-refractivity contribution in [3.8, 4) is 0 Å². The van der Waals surface area contributed by atoms with E-state index in [2.05, 4.69) is 43.4 Å². The molecule has 0 saturated heterocycles. The Labute approximate surface area is 128 Å². The predicted octanol–water partition coefficient (Wildman–Crippen LogP) is 2.84. The maximum absolute atomic E-state index is 4.44. The second kappa shape index (κ2) is 5.46. The molecule has 2 aliphatic rings. The number of fused-ring (bicyclic) bond motifs is 1. The third kappa shape index (κ3) is 2.38. The van der Waals surface area contributed by atoms with Crippen molar-refractivity contribution < 1.29 is 0 Å². The van der Waals surface area contributed by atoms with Gasteiger partial charge in [-0.1, -0.05) is 29.2 Å². The van der Waals surface area contributed by atoms with E-state index >= 15 is 0 Å². The van der Waals surface area contributed by atoms with E-state index in [4.69, 9.17) is 0 Å². The molecule has 0 atom stereocenters. The van der Waals surface area contributed by atoms with Gasteiger partial charge < -0.3 is 5.32 Å². The normalized spacial score (nSPS) is 17.0. The van der Waals surface area contributed by atoms with Crippen LogP contribution >= 0.6 is 0 Å². The summed E-state index contributed by atoms with van der Waals surface area (Å²) in [6.07, 6.45) is 7.65. The highest BCUT2D eigenvalue weighted by atomic mass is 15.4. The van der Waals surface area contributed by atoms with Gasteiger partial charge in [-0.3, -0.25) is 4.90 Å². The fourth-order valence-electron chi connectivity index (χ4n) is 2.52. The van der Waals surface area contributed by atoms with Crippen molar-refractivity contribution >= 4 is 17.3 Å². The van der Waals surface area contributed by atoms with Crippen molar-refractivity contribution in [3.63, 3.8) is 0 Å². The number of anilines is 2. The molecule has 0 bridgehead atoms. The van der Waals surface area contributed by atoms with Gasteiger partial charge in [-0.05, 0) is 24.3 Å². The fourth-order valence-corrected chi connectivity index (χ4v) is 2.52. The second-order valence-electron chi connectivity index (χ2n) is 5.05. The zero-order valence-corrected chi connectivity index (χ0v) is 11.9. The number of para-hydroxylation sites is 1. The van der Waals surface area contributed by atoms with E-state index < -0.39 is 0 Å². The molecular weight excluding hydrogens is 274 g/mol. The molecule has 0 fully saturated rings. The summed E-state index contributed by atoms with van der Waals surface area (Å²) in [4.78, 5) is 13.1. The third-order valence-corrected chi connectivity index (χ3v) is 3.56. The minimum Gasteiger partial charge on any atom is -0.333 e. The van der Waals surface area contributed by atoms with Crippen LogP contribution < -0.4 is 15.1 Å². The van der Waals surface area contributed by atoms with Gasteiger partial charge in [0.05, 0.1) is 6.20 Å². The Morgan fingerprint density at radius 3 is 2.73 bits per heavy atom. The first-order chi connectivity index (χ1) is 10.9. The summed E-state index contributed by atoms with van der Waals surface area (Å²) in [6, 6.07) is 16.1. The van der Waals surface area contributed by atoms with Gasteiger partial charge in [-0.25, -0.2) is 4.98 Å². The SMILES string of the molecule is C1=C[N+]2CN(c3ccccc3)C=C(Nc3ccccn3)C2=N1. The quantitative estimate of drug-likeness (QED) is 0.884. The largest absolute Gasteiger partial charge is 0.333 e. The van der Waals surface area contributed by atoms with Crippen molar-refractivity contribution in [1.29, 1.82) is 0 Å². The summed E-state index contributed by atoms with van der Waals surface area (Å²) >= 11 is 0. The maximum atomic E-state index is 4.44. The third-order valence-electron chi connectivity index (χ3n) is 3.56. The zero-order chi connectivity index (χ0) is 14.8. The molecule has 3 heterocycles. The van der Waals surface area contributed by atoms with Gasteiger partial charge in [0, 0.05) is 18.1 Å². The van der Waals surface area contributed by atoms with Gasteiger partial charge in [0.1, 0.15) is 11.5 Å². The molecule has 1 radical (unpaired) electrons. The van der Waals surface area contributed by atoms with Gasteiger partial charge >= 0.3 is 5.84 Å². The Hall–Kier alpha value is -2.92. The van der Waals surface area contributed by atoms with Crippen molar-refractivity contribution in [1.82, 2.24) is 9.88 Å². The van der Waals surface area contributed by atoms with Crippen LogP contribution in [0.3, 0.4) is 0 Å². The number of benzene rings is 1. The van der Waals surface area contributed by atoms with E-state index in [9.17, 15) is 0 Å². The highest BCUT2D eigenvalue weighted by Crippen LogP contribution is 2.23. The first-order valence-electron chi connectivity index (χ1n) is 7.13. The minimum absolute atomic E-state index is 0.743. The van der Waals surface area contributed by atoms with Crippen LogP contribution in [0.4, 0.5) is 11.5 Å². The minimum atomic E-state index is 0.743. The van der Waals surface area contributed by atoms with Gasteiger partial charge in [-0.2, -0.15) is 4.99 Å². The molecular formula is C17H15N5+. The summed E-state index contributed by atoms with van der Waals surface area (Å²) < 4.78 is 0. The molecule has 1 N–H and O–H groups in total. The van der Waals surface area contributed by atoms with E-state index in [1.807, 2.05) is 48.8 Å². The topological polar surface area (TPSA) is 46.4 Å². The number of nitrogens with one attached hydrogen (secondary N) is 1. The lowest BCUT2D eigenvalue weighted by Crippen LogP contribution is -2.45. The number of hydrogen-bond acceptors (Lipinski definition) is 5. The molecule has 0 unspecified atom stereocenters. The van der Waals surface area contributed by atoms with E-state index in [-0.39, 0.29) is 0 Å². The summed E-state index contributed by atoms with van der Waals surface area (Å²) in [5, 5.41) is 3.35. The van der Waals surface area contributed by atoms with Crippen molar-refractivity contribution in [2.45, 2.75) is 0 Å². The molecule has 0 amide bonds. The molecule has 5 heteroatoms. The van der Waals surface area contributed by atoms with Crippen LogP contribution in [-0.2, 0) is 0 Å². The van der Waals surface area contributed by atoms with Crippen LogP contribution in [0.2, 0.25) is 0 Å². The molecule has 0 saturated carbocycles. The Morgan fingerprint density at radius 1 is 1.05 bits per heavy atom. The molecule has 0 aliphatic carbocycles. The predicted molar refractivity (Wildman–Crippen MR) is 88.4 cm³/mol. The molecule has 1 aromatic carbocycles. The standard InChI is InChI=1S/C17H15N5/c1-2-6-14(7-3-1)22-12-15(17-19-10-11-21(17)13-22)20-16-8-4-5-9-18-16/h1-12H,13H2,(H,18,20)/q+1. The summed E-state index contributed by atoms with van der Waals surface area (Å²) in [7, 11) is 0. The average Bonchev–Trinajstić information content (AvgIpc) is 3.05. The monoisotopic (exact) mass is 289 g/mol. The van der Waals surface area contributed by atoms with Crippen molar-refractivity contribution in [3.05, 3.63) is 79.0 Å². The number of aromatic nitrogens is 1. The smallest absolute Gasteiger partial charge is 0.308 e. The van der Waals surface area contributed by atoms with Crippen LogP contribution in [0.25, 0.3) is 0 Å². The molecule has 1 aromatic heterocycles. The molecule has 4 rings (SSSR count). The molecule has 2 aromatic rings. The number of rotatable bonds is 3. The number of nitrogens with zero attached hydrogens (tertiary/aromatic N) is 4. The first-order valence-corrected chi connectivity index (χ1v) is 7.13. The number of aliphatic imine (C=N–C) groups is 1. The molecule has 5 nitrogen and oxygen atoms in total. The molecule has 22 heavy (non-hydrogen) atoms. The van der Waals surface area contributed by atoms with Crippen LogP contribution in [0.5, 0.6) is 0 Å². The lowest BCUT2D eigenvalue weighted by Gasteiger charge is -2.25. The lowest BCUT2D eigenvalue weighted by atomic mass is 10.2. The van der Waals surface area contributed by atoms with Crippen LogP contribution in [0.1, 0.15) is 0 Å². The van der Waals surface area contributed by atoms with Gasteiger partial charge in [0.15, 0.2) is 6.20 Å². The number of hydrogen-bond donors (Lipinski definition) is 1. The van der Waals surface area contributed by atoms with Crippen LogP contribution in [0.15, 0.2) is 84.0 Å². The van der Waals surface area contributed by atoms with Gasteiger partial charge in [0.25, 0.3) is 0 Å². The van der Waals surface area contributed by atoms with Crippen molar-refractivity contribution in [2.75, 3.05) is 16.9 Å². The second-order valence-corrected chi connectivity index (χ2v) is 5.05. The number of amidine groups is 1. The fraction of sp³-hybridized carbons (Fsp3) is 0.0588. The zero-order valence-electron chi connectivity index (χ0n) is 11.9. The molecule has 0 spiro atoms. The van der Waals surface area contributed by atoms with E-state index in [0.717, 1.165) is 29.7 Å². The maximum Gasteiger partial charge on any atom is 0.308 e. The average molecular weight is 289 g/mol. The summed E-state index contributed by atoms with van der Waals surface area (Å²) in [6.45, 7) is 0.743. The Balaban J connectivity index is 1.68. The highest BCUT2D eigenvalue weighted by Gasteiger charge is 2.36. The van der Waals surface area contributed by atoms with E-state index in [1.54, 1.807) is 6.20 Å². The van der Waals surface area contributed by atoms with E-state index in [1.165, 1.54) is 0 Å². The Bertz CT molecular complexity index is 749. The highest BCUT2D eigenvalue weighted by molar-refractivity contribution is 6.05.